The summed E-state index contributed by atoms with van der Waals surface area (Å²) in [5.41, 5.74) is 8.04. The minimum atomic E-state index is 0.570. The molecule has 35 heavy (non-hydrogen) atoms. The molecule has 0 bridgehead atoms. The highest BCUT2D eigenvalue weighted by molar-refractivity contribution is 6.07. The van der Waals surface area contributed by atoms with Gasteiger partial charge in [0, 0.05) is 16.5 Å². The lowest BCUT2D eigenvalue weighted by atomic mass is 10.1. The number of aromatic nitrogens is 5. The summed E-state index contributed by atoms with van der Waals surface area (Å²) in [5, 5.41) is 1.02. The summed E-state index contributed by atoms with van der Waals surface area (Å²) in [6.07, 6.45) is 0. The molecule has 164 valence electrons. The van der Waals surface area contributed by atoms with E-state index < -0.39 is 0 Å². The molecule has 3 heterocycles. The average molecular weight is 450 g/mol. The Morgan fingerprint density at radius 2 is 1.03 bits per heavy atom. The van der Waals surface area contributed by atoms with E-state index in [9.17, 15) is 0 Å². The molecule has 7 aromatic rings. The highest BCUT2D eigenvalue weighted by atomic mass is 15.2. The molecular weight excluding hydrogens is 430 g/mol. The molecule has 0 spiro atoms. The van der Waals surface area contributed by atoms with Crippen LogP contribution in [0.15, 0.2) is 115 Å². The van der Waals surface area contributed by atoms with E-state index in [0.717, 1.165) is 55.6 Å². The lowest BCUT2D eigenvalue weighted by Gasteiger charge is -2.11. The van der Waals surface area contributed by atoms with Gasteiger partial charge < -0.3 is 0 Å². The van der Waals surface area contributed by atoms with E-state index in [-0.39, 0.29) is 0 Å². The third-order valence-corrected chi connectivity index (χ3v) is 6.22. The van der Waals surface area contributed by atoms with E-state index >= 15 is 0 Å². The normalized spacial score (nSPS) is 11.4. The Morgan fingerprint density at radius 3 is 1.69 bits per heavy atom. The number of benzene rings is 4. The molecule has 0 aliphatic carbocycles. The van der Waals surface area contributed by atoms with Crippen LogP contribution in [-0.2, 0) is 0 Å². The molecule has 0 N–H and O–H groups in total. The maximum absolute atomic E-state index is 5.04. The first-order chi connectivity index (χ1) is 17.3. The van der Waals surface area contributed by atoms with Gasteiger partial charge in [-0.05, 0) is 24.3 Å². The maximum Gasteiger partial charge on any atom is 0.237 e. The maximum atomic E-state index is 5.04. The molecule has 0 aliphatic heterocycles. The van der Waals surface area contributed by atoms with Crippen LogP contribution in [0.4, 0.5) is 0 Å². The third-order valence-electron chi connectivity index (χ3n) is 6.22. The van der Waals surface area contributed by atoms with E-state index in [0.29, 0.717) is 5.95 Å². The molecule has 0 atom stereocenters. The van der Waals surface area contributed by atoms with Crippen molar-refractivity contribution in [3.05, 3.63) is 115 Å². The second-order valence-corrected chi connectivity index (χ2v) is 8.41. The van der Waals surface area contributed by atoms with Crippen LogP contribution in [0.1, 0.15) is 0 Å². The zero-order chi connectivity index (χ0) is 23.2. The highest BCUT2D eigenvalue weighted by Crippen LogP contribution is 2.32. The van der Waals surface area contributed by atoms with Crippen molar-refractivity contribution in [1.29, 1.82) is 0 Å². The monoisotopic (exact) mass is 449 g/mol. The van der Waals surface area contributed by atoms with Crippen LogP contribution in [0.25, 0.3) is 61.6 Å². The molecule has 0 radical (unpaired) electrons. The van der Waals surface area contributed by atoms with E-state index in [4.69, 9.17) is 19.9 Å². The van der Waals surface area contributed by atoms with Gasteiger partial charge in [0.1, 0.15) is 5.52 Å². The summed E-state index contributed by atoms with van der Waals surface area (Å²) >= 11 is 0. The zero-order valence-electron chi connectivity index (χ0n) is 18.7. The first-order valence-electron chi connectivity index (χ1n) is 11.5. The number of hydrogen-bond donors (Lipinski definition) is 0. The quantitative estimate of drug-likeness (QED) is 0.296. The summed E-state index contributed by atoms with van der Waals surface area (Å²) in [5.74, 6) is 0.570. The van der Waals surface area contributed by atoms with Crippen molar-refractivity contribution in [3.63, 3.8) is 0 Å². The number of nitrogens with zero attached hydrogens (tertiary/aromatic N) is 5. The van der Waals surface area contributed by atoms with E-state index in [1.165, 1.54) is 0 Å². The summed E-state index contributed by atoms with van der Waals surface area (Å²) in [6, 6.07) is 38.6. The molecule has 0 unspecified atom stereocenters. The molecular formula is C30H19N5. The van der Waals surface area contributed by atoms with Gasteiger partial charge in [0.05, 0.1) is 27.9 Å². The summed E-state index contributed by atoms with van der Waals surface area (Å²) in [7, 11) is 0. The first kappa shape index (κ1) is 19.6. The van der Waals surface area contributed by atoms with Gasteiger partial charge in [0.25, 0.3) is 0 Å². The second kappa shape index (κ2) is 7.85. The van der Waals surface area contributed by atoms with Crippen molar-refractivity contribution in [2.75, 3.05) is 0 Å². The van der Waals surface area contributed by atoms with Crippen LogP contribution in [0, 0.1) is 0 Å². The van der Waals surface area contributed by atoms with Gasteiger partial charge in [-0.25, -0.2) is 19.9 Å². The number of para-hydroxylation sites is 3. The fraction of sp³-hybridized carbons (Fsp3) is 0. The zero-order valence-corrected chi connectivity index (χ0v) is 18.7. The van der Waals surface area contributed by atoms with Crippen LogP contribution < -0.4 is 0 Å². The van der Waals surface area contributed by atoms with Gasteiger partial charge in [-0.3, -0.25) is 4.57 Å². The molecule has 0 amide bonds. The van der Waals surface area contributed by atoms with Crippen LogP contribution in [0.3, 0.4) is 0 Å². The molecule has 3 aromatic heterocycles. The van der Waals surface area contributed by atoms with Crippen molar-refractivity contribution < 1.29 is 0 Å². The van der Waals surface area contributed by atoms with Gasteiger partial charge in [0.2, 0.25) is 5.95 Å². The van der Waals surface area contributed by atoms with Crippen LogP contribution in [0.2, 0.25) is 0 Å². The van der Waals surface area contributed by atoms with Crippen LogP contribution in [0.5, 0.6) is 0 Å². The average Bonchev–Trinajstić information content (AvgIpc) is 3.26. The standard InChI is InChI=1S/C30H19N5/c1-3-11-20(12-4-1)25-19-26(21-13-5-2-6-14-21)34-30(33-25)35-27-18-10-7-15-22(27)28-29(35)32-24-17-9-8-16-23(24)31-28/h1-19H. The predicted octanol–water partition coefficient (Wildman–Crippen LogP) is 6.85. The predicted molar refractivity (Wildman–Crippen MR) is 140 cm³/mol. The Kier molecular flexibility index (Phi) is 4.39. The topological polar surface area (TPSA) is 56.5 Å². The lowest BCUT2D eigenvalue weighted by Crippen LogP contribution is -2.05. The van der Waals surface area contributed by atoms with Gasteiger partial charge in [-0.1, -0.05) is 91.0 Å². The van der Waals surface area contributed by atoms with Crippen molar-refractivity contribution in [3.8, 4) is 28.5 Å². The molecule has 0 saturated carbocycles. The van der Waals surface area contributed by atoms with Crippen molar-refractivity contribution in [2.24, 2.45) is 0 Å². The van der Waals surface area contributed by atoms with Crippen molar-refractivity contribution >= 4 is 33.1 Å². The molecule has 4 aromatic carbocycles. The summed E-state index contributed by atoms with van der Waals surface area (Å²) < 4.78 is 2.03. The molecule has 5 nitrogen and oxygen atoms in total. The fourth-order valence-electron chi connectivity index (χ4n) is 4.56. The Morgan fingerprint density at radius 1 is 0.486 bits per heavy atom. The van der Waals surface area contributed by atoms with Gasteiger partial charge in [-0.2, -0.15) is 0 Å². The van der Waals surface area contributed by atoms with E-state index in [1.807, 2.05) is 83.4 Å². The Bertz CT molecular complexity index is 1780. The van der Waals surface area contributed by atoms with Gasteiger partial charge in [0.15, 0.2) is 5.65 Å². The van der Waals surface area contributed by atoms with Gasteiger partial charge in [-0.15, -0.1) is 0 Å². The number of rotatable bonds is 3. The van der Waals surface area contributed by atoms with E-state index in [1.54, 1.807) is 0 Å². The largest absolute Gasteiger partial charge is 0.260 e. The number of hydrogen-bond acceptors (Lipinski definition) is 4. The SMILES string of the molecule is c1ccc(-c2cc(-c3ccccc3)nc(-n3c4ccccc4c4nc5ccccc5nc43)n2)cc1. The Hall–Kier alpha value is -4.90. The molecule has 0 aliphatic rings. The lowest BCUT2D eigenvalue weighted by molar-refractivity contribution is 0.983. The van der Waals surface area contributed by atoms with E-state index in [2.05, 4.69) is 36.4 Å². The minimum Gasteiger partial charge on any atom is -0.260 e. The van der Waals surface area contributed by atoms with Gasteiger partial charge >= 0.3 is 0 Å². The minimum absolute atomic E-state index is 0.570. The first-order valence-corrected chi connectivity index (χ1v) is 11.5. The summed E-state index contributed by atoms with van der Waals surface area (Å²) in [4.78, 5) is 20.1. The van der Waals surface area contributed by atoms with Crippen molar-refractivity contribution in [1.82, 2.24) is 24.5 Å². The van der Waals surface area contributed by atoms with Crippen molar-refractivity contribution in [2.45, 2.75) is 0 Å². The smallest absolute Gasteiger partial charge is 0.237 e. The third kappa shape index (κ3) is 3.25. The number of fused-ring (bicyclic) bond motifs is 4. The van der Waals surface area contributed by atoms with Crippen LogP contribution >= 0.6 is 0 Å². The second-order valence-electron chi connectivity index (χ2n) is 8.41. The summed E-state index contributed by atoms with van der Waals surface area (Å²) in [6.45, 7) is 0. The fourth-order valence-corrected chi connectivity index (χ4v) is 4.56. The molecule has 0 fully saturated rings. The van der Waals surface area contributed by atoms with Crippen LogP contribution in [-0.4, -0.2) is 24.5 Å². The Balaban J connectivity index is 1.59. The Labute approximate surface area is 201 Å². The molecule has 7 rings (SSSR count). The molecule has 0 saturated heterocycles. The molecule has 5 heteroatoms. The highest BCUT2D eigenvalue weighted by Gasteiger charge is 2.19.